The number of esters is 1. The molecule has 0 amide bonds. The molecule has 0 saturated heterocycles. The normalized spacial score (nSPS) is 12.2. The maximum absolute atomic E-state index is 10.9. The molecule has 0 aromatic rings. The molecule has 12 heavy (non-hydrogen) atoms. The monoisotopic (exact) mass is 206 g/mol. The molecule has 0 spiro atoms. The van der Waals surface area contributed by atoms with E-state index in [4.69, 9.17) is 4.74 Å². The Morgan fingerprint density at radius 1 is 1.67 bits per heavy atom. The summed E-state index contributed by atoms with van der Waals surface area (Å²) >= 11 is 8.11. The summed E-state index contributed by atoms with van der Waals surface area (Å²) in [5.41, 5.74) is 0.0706. The zero-order valence-electron chi connectivity index (χ0n) is 7.12. The van der Waals surface area contributed by atoms with Gasteiger partial charge in [-0.05, 0) is 25.5 Å². The average molecular weight is 206 g/mol. The number of ether oxygens (including phenoxy) is 1. The van der Waals surface area contributed by atoms with E-state index in [9.17, 15) is 4.79 Å². The smallest absolute Gasteiger partial charge is 0.334 e. The van der Waals surface area contributed by atoms with Crippen LogP contribution in [0.1, 0.15) is 19.8 Å². The lowest BCUT2D eigenvalue weighted by Gasteiger charge is -2.10. The van der Waals surface area contributed by atoms with Crippen LogP contribution in [0.4, 0.5) is 0 Å². The summed E-state index contributed by atoms with van der Waals surface area (Å²) in [6.07, 6.45) is 1.62. The zero-order valence-corrected chi connectivity index (χ0v) is 8.91. The van der Waals surface area contributed by atoms with Crippen molar-refractivity contribution in [3.8, 4) is 0 Å². The van der Waals surface area contributed by atoms with Crippen LogP contribution in [-0.2, 0) is 9.53 Å². The van der Waals surface area contributed by atoms with Crippen molar-refractivity contribution in [1.82, 2.24) is 0 Å². The Kier molecular flexibility index (Phi) is 6.38. The van der Waals surface area contributed by atoms with E-state index in [2.05, 4.69) is 31.8 Å². The highest BCUT2D eigenvalue weighted by Gasteiger charge is 2.09. The Labute approximate surface area is 84.2 Å². The molecule has 1 atom stereocenters. The summed E-state index contributed by atoms with van der Waals surface area (Å²) in [4.78, 5) is 10.9. The highest BCUT2D eigenvalue weighted by atomic mass is 32.1. The SMILES string of the molecule is C=C(C)C(=O)OC(S)CCCS. The molecular formula is C8H14O2S2. The zero-order chi connectivity index (χ0) is 9.56. The van der Waals surface area contributed by atoms with Crippen molar-refractivity contribution >= 4 is 31.2 Å². The van der Waals surface area contributed by atoms with Gasteiger partial charge in [-0.3, -0.25) is 0 Å². The Morgan fingerprint density at radius 3 is 2.67 bits per heavy atom. The fraction of sp³-hybridized carbons (Fsp3) is 0.625. The van der Waals surface area contributed by atoms with Crippen molar-refractivity contribution in [3.05, 3.63) is 12.2 Å². The van der Waals surface area contributed by atoms with Crippen LogP contribution in [-0.4, -0.2) is 17.2 Å². The van der Waals surface area contributed by atoms with Crippen LogP contribution < -0.4 is 0 Å². The van der Waals surface area contributed by atoms with Gasteiger partial charge < -0.3 is 4.74 Å². The molecule has 0 aromatic heterocycles. The van der Waals surface area contributed by atoms with Crippen LogP contribution in [0.2, 0.25) is 0 Å². The fourth-order valence-electron chi connectivity index (χ4n) is 0.549. The molecule has 0 aliphatic heterocycles. The standard InChI is InChI=1S/C8H14O2S2/c1-6(2)8(9)10-7(12)4-3-5-11/h7,11-12H,1,3-5H2,2H3. The highest BCUT2D eigenvalue weighted by Crippen LogP contribution is 2.09. The number of hydrogen-bond acceptors (Lipinski definition) is 4. The Balaban J connectivity index is 3.61. The van der Waals surface area contributed by atoms with Crippen molar-refractivity contribution in [2.75, 3.05) is 5.75 Å². The third kappa shape index (κ3) is 5.55. The van der Waals surface area contributed by atoms with Crippen molar-refractivity contribution in [2.24, 2.45) is 0 Å². The predicted octanol–water partition coefficient (Wildman–Crippen LogP) is 2.07. The summed E-state index contributed by atoms with van der Waals surface area (Å²) in [6, 6.07) is 0. The van der Waals surface area contributed by atoms with Gasteiger partial charge in [0.25, 0.3) is 0 Å². The number of carbonyl (C=O) groups excluding carboxylic acids is 1. The van der Waals surface area contributed by atoms with Crippen LogP contribution in [0.3, 0.4) is 0 Å². The first kappa shape index (κ1) is 11.9. The van der Waals surface area contributed by atoms with Gasteiger partial charge in [0.2, 0.25) is 0 Å². The van der Waals surface area contributed by atoms with Crippen LogP contribution in [0.5, 0.6) is 0 Å². The van der Waals surface area contributed by atoms with Crippen LogP contribution in [0, 0.1) is 0 Å². The Bertz CT molecular complexity index is 168. The lowest BCUT2D eigenvalue weighted by Crippen LogP contribution is -2.13. The van der Waals surface area contributed by atoms with E-state index in [0.717, 1.165) is 18.6 Å². The van der Waals surface area contributed by atoms with Gasteiger partial charge in [-0.25, -0.2) is 4.79 Å². The summed E-state index contributed by atoms with van der Waals surface area (Å²) in [5.74, 6) is 0.399. The fourth-order valence-corrected chi connectivity index (χ4v) is 1.01. The molecule has 0 aliphatic rings. The second-order valence-corrected chi connectivity index (χ2v) is 3.53. The first-order valence-corrected chi connectivity index (χ1v) is 4.88. The van der Waals surface area contributed by atoms with Gasteiger partial charge in [-0.2, -0.15) is 12.6 Å². The highest BCUT2D eigenvalue weighted by molar-refractivity contribution is 7.80. The molecule has 4 heteroatoms. The largest absolute Gasteiger partial charge is 0.448 e. The number of rotatable bonds is 5. The molecule has 0 fully saturated rings. The lowest BCUT2D eigenvalue weighted by molar-refractivity contribution is -0.140. The van der Waals surface area contributed by atoms with E-state index in [1.165, 1.54) is 0 Å². The minimum Gasteiger partial charge on any atom is -0.448 e. The van der Waals surface area contributed by atoms with E-state index < -0.39 is 0 Å². The van der Waals surface area contributed by atoms with Gasteiger partial charge in [0.15, 0.2) is 0 Å². The molecule has 70 valence electrons. The summed E-state index contributed by atoms with van der Waals surface area (Å²) in [5, 5.41) is 0. The van der Waals surface area contributed by atoms with Gasteiger partial charge in [0.05, 0.1) is 0 Å². The molecule has 0 aliphatic carbocycles. The topological polar surface area (TPSA) is 26.3 Å². The van der Waals surface area contributed by atoms with E-state index in [-0.39, 0.29) is 11.4 Å². The third-order valence-corrected chi connectivity index (χ3v) is 1.88. The minimum absolute atomic E-state index is 0.332. The molecule has 0 aromatic carbocycles. The number of carbonyl (C=O) groups is 1. The molecule has 0 bridgehead atoms. The van der Waals surface area contributed by atoms with Crippen molar-refractivity contribution in [3.63, 3.8) is 0 Å². The van der Waals surface area contributed by atoms with Gasteiger partial charge in [0, 0.05) is 5.57 Å². The van der Waals surface area contributed by atoms with Crippen LogP contribution in [0.15, 0.2) is 12.2 Å². The van der Waals surface area contributed by atoms with E-state index in [1.54, 1.807) is 6.92 Å². The van der Waals surface area contributed by atoms with Gasteiger partial charge in [-0.15, -0.1) is 12.6 Å². The summed E-state index contributed by atoms with van der Waals surface area (Å²) in [6.45, 7) is 5.08. The average Bonchev–Trinajstić information content (AvgIpc) is 2.00. The van der Waals surface area contributed by atoms with E-state index in [0.29, 0.717) is 5.57 Å². The second kappa shape index (κ2) is 6.43. The quantitative estimate of drug-likeness (QED) is 0.312. The molecular weight excluding hydrogens is 192 g/mol. The summed E-state index contributed by atoms with van der Waals surface area (Å²) in [7, 11) is 0. The Hall–Kier alpha value is -0.0900. The van der Waals surface area contributed by atoms with E-state index in [1.807, 2.05) is 0 Å². The predicted molar refractivity (Wildman–Crippen MR) is 56.8 cm³/mol. The molecule has 1 unspecified atom stereocenters. The molecule has 0 N–H and O–H groups in total. The van der Waals surface area contributed by atoms with Gasteiger partial charge >= 0.3 is 5.97 Å². The van der Waals surface area contributed by atoms with Gasteiger partial charge in [-0.1, -0.05) is 6.58 Å². The minimum atomic E-state index is -0.380. The second-order valence-electron chi connectivity index (χ2n) is 2.51. The first-order chi connectivity index (χ1) is 5.57. The molecule has 0 heterocycles. The molecule has 0 rings (SSSR count). The molecule has 0 radical (unpaired) electrons. The van der Waals surface area contributed by atoms with Crippen molar-refractivity contribution < 1.29 is 9.53 Å². The molecule has 0 saturated carbocycles. The molecule has 2 nitrogen and oxygen atoms in total. The maximum atomic E-state index is 10.9. The number of hydrogen-bond donors (Lipinski definition) is 2. The van der Waals surface area contributed by atoms with Crippen molar-refractivity contribution in [1.29, 1.82) is 0 Å². The maximum Gasteiger partial charge on any atom is 0.334 e. The van der Waals surface area contributed by atoms with E-state index >= 15 is 0 Å². The van der Waals surface area contributed by atoms with Gasteiger partial charge in [0.1, 0.15) is 5.44 Å². The third-order valence-electron chi connectivity index (χ3n) is 1.20. The van der Waals surface area contributed by atoms with Crippen LogP contribution in [0.25, 0.3) is 0 Å². The first-order valence-electron chi connectivity index (χ1n) is 3.73. The number of thiol groups is 2. The summed E-state index contributed by atoms with van der Waals surface area (Å²) < 4.78 is 4.91. The van der Waals surface area contributed by atoms with Crippen molar-refractivity contribution in [2.45, 2.75) is 25.2 Å². The Morgan fingerprint density at radius 2 is 2.25 bits per heavy atom. The lowest BCUT2D eigenvalue weighted by atomic mass is 10.3. The van der Waals surface area contributed by atoms with Crippen LogP contribution >= 0.6 is 25.3 Å².